The van der Waals surface area contributed by atoms with E-state index in [4.69, 9.17) is 11.5 Å². The van der Waals surface area contributed by atoms with E-state index in [-0.39, 0.29) is 12.8 Å². The molecule has 39 heavy (non-hydrogen) atoms. The number of carboxylic acid groups (broad SMARTS) is 1. The molecule has 5 unspecified atom stereocenters. The van der Waals surface area contributed by atoms with Crippen molar-refractivity contribution >= 4 is 29.6 Å². The average molecular weight is 540 g/mol. The molecule has 0 bridgehead atoms. The Hall–Kier alpha value is -4.25. The molecule has 0 aliphatic rings. The van der Waals surface area contributed by atoms with Crippen LogP contribution >= 0.6 is 0 Å². The van der Waals surface area contributed by atoms with Gasteiger partial charge in [-0.1, -0.05) is 80.9 Å². The lowest BCUT2D eigenvalue weighted by atomic mass is 9.98. The third-order valence-electron chi connectivity index (χ3n) is 6.37. The zero-order chi connectivity index (χ0) is 28.9. The second-order valence-electron chi connectivity index (χ2n) is 9.49. The van der Waals surface area contributed by atoms with Gasteiger partial charge in [0, 0.05) is 6.42 Å². The van der Waals surface area contributed by atoms with Crippen LogP contribution in [0.15, 0.2) is 60.7 Å². The van der Waals surface area contributed by atoms with Gasteiger partial charge in [0.2, 0.25) is 23.6 Å². The summed E-state index contributed by atoms with van der Waals surface area (Å²) in [7, 11) is 0. The minimum atomic E-state index is -1.45. The molecule has 11 nitrogen and oxygen atoms in total. The number of hydrogen-bond donors (Lipinski definition) is 6. The van der Waals surface area contributed by atoms with Crippen molar-refractivity contribution in [1.29, 1.82) is 0 Å². The summed E-state index contributed by atoms with van der Waals surface area (Å²) in [5.74, 6) is -4.74. The molecule has 0 aliphatic carbocycles. The van der Waals surface area contributed by atoms with E-state index in [0.717, 1.165) is 11.1 Å². The van der Waals surface area contributed by atoms with Gasteiger partial charge in [-0.15, -0.1) is 0 Å². The highest BCUT2D eigenvalue weighted by atomic mass is 16.4. The van der Waals surface area contributed by atoms with Crippen molar-refractivity contribution in [2.24, 2.45) is 17.4 Å². The van der Waals surface area contributed by atoms with E-state index in [1.54, 1.807) is 44.2 Å². The van der Waals surface area contributed by atoms with Crippen molar-refractivity contribution in [3.63, 3.8) is 0 Å². The molecule has 0 heterocycles. The van der Waals surface area contributed by atoms with Crippen LogP contribution in [0.2, 0.25) is 0 Å². The molecular formula is C28H37N5O6. The maximum atomic E-state index is 13.4. The minimum Gasteiger partial charge on any atom is -0.480 e. The third-order valence-corrected chi connectivity index (χ3v) is 6.37. The van der Waals surface area contributed by atoms with Crippen LogP contribution in [-0.2, 0) is 36.8 Å². The summed E-state index contributed by atoms with van der Waals surface area (Å²) < 4.78 is 0. The van der Waals surface area contributed by atoms with Crippen molar-refractivity contribution in [2.45, 2.75) is 63.7 Å². The Morgan fingerprint density at radius 1 is 0.769 bits per heavy atom. The number of primary amides is 1. The lowest BCUT2D eigenvalue weighted by Crippen LogP contribution is -2.59. The van der Waals surface area contributed by atoms with Gasteiger partial charge in [-0.25, -0.2) is 4.79 Å². The van der Waals surface area contributed by atoms with Crippen molar-refractivity contribution in [3.8, 4) is 0 Å². The van der Waals surface area contributed by atoms with Gasteiger partial charge in [0.05, 0.1) is 12.5 Å². The molecule has 0 aromatic heterocycles. The highest BCUT2D eigenvalue weighted by Crippen LogP contribution is 2.10. The number of hydrogen-bond acceptors (Lipinski definition) is 6. The molecule has 210 valence electrons. The maximum Gasteiger partial charge on any atom is 0.326 e. The molecule has 0 radical (unpaired) electrons. The van der Waals surface area contributed by atoms with Gasteiger partial charge < -0.3 is 32.5 Å². The molecule has 0 aliphatic heterocycles. The molecule has 0 saturated carbocycles. The van der Waals surface area contributed by atoms with Crippen LogP contribution in [0.5, 0.6) is 0 Å². The highest BCUT2D eigenvalue weighted by Gasteiger charge is 2.32. The molecular weight excluding hydrogens is 502 g/mol. The van der Waals surface area contributed by atoms with E-state index in [1.807, 2.05) is 30.3 Å². The maximum absolute atomic E-state index is 13.4. The molecule has 11 heteroatoms. The minimum absolute atomic E-state index is 0.0754. The second-order valence-corrected chi connectivity index (χ2v) is 9.49. The number of nitrogens with one attached hydrogen (secondary N) is 3. The standard InChI is InChI=1S/C28H37N5O6/c1-3-17(2)24(28(38)39)33-27(37)22(16-23(30)34)32-26(36)21(15-19-12-8-5-9-13-19)31-25(35)20(29)14-18-10-6-4-7-11-18/h4-13,17,20-22,24H,3,14-16,29H2,1-2H3,(H2,30,34)(H,31,35)(H,32,36)(H,33,37)(H,38,39). The van der Waals surface area contributed by atoms with Crippen LogP contribution < -0.4 is 27.4 Å². The molecule has 2 aromatic rings. The van der Waals surface area contributed by atoms with E-state index in [1.165, 1.54) is 0 Å². The lowest BCUT2D eigenvalue weighted by Gasteiger charge is -2.26. The average Bonchev–Trinajstić information content (AvgIpc) is 2.90. The fourth-order valence-corrected chi connectivity index (χ4v) is 3.92. The van der Waals surface area contributed by atoms with E-state index in [9.17, 15) is 29.1 Å². The summed E-state index contributed by atoms with van der Waals surface area (Å²) in [5.41, 5.74) is 13.0. The Bertz CT molecular complexity index is 1130. The first kappa shape index (κ1) is 31.0. The number of nitrogens with two attached hydrogens (primary N) is 2. The predicted octanol–water partition coefficient (Wildman–Crippen LogP) is 0.260. The second kappa shape index (κ2) is 15.2. The fraction of sp³-hybridized carbons (Fsp3) is 0.393. The smallest absolute Gasteiger partial charge is 0.326 e. The number of carbonyl (C=O) groups is 5. The quantitative estimate of drug-likeness (QED) is 0.187. The van der Waals surface area contributed by atoms with Crippen molar-refractivity contribution in [3.05, 3.63) is 71.8 Å². The summed E-state index contributed by atoms with van der Waals surface area (Å²) in [6.45, 7) is 3.43. The molecule has 5 atom stereocenters. The van der Waals surface area contributed by atoms with Gasteiger partial charge in [0.25, 0.3) is 0 Å². The Morgan fingerprint density at radius 3 is 1.74 bits per heavy atom. The van der Waals surface area contributed by atoms with Gasteiger partial charge in [-0.3, -0.25) is 19.2 Å². The Kier molecular flexibility index (Phi) is 12.1. The summed E-state index contributed by atoms with van der Waals surface area (Å²) >= 11 is 0. The van der Waals surface area contributed by atoms with Gasteiger partial charge >= 0.3 is 5.97 Å². The number of carboxylic acids is 1. The molecule has 4 amide bonds. The first-order valence-corrected chi connectivity index (χ1v) is 12.8. The van der Waals surface area contributed by atoms with Gasteiger partial charge in [-0.2, -0.15) is 0 Å². The Balaban J connectivity index is 2.22. The number of amides is 4. The summed E-state index contributed by atoms with van der Waals surface area (Å²) in [6, 6.07) is 13.3. The molecule has 0 saturated heterocycles. The molecule has 0 fully saturated rings. The molecule has 0 spiro atoms. The first-order chi connectivity index (χ1) is 18.5. The topological polar surface area (TPSA) is 194 Å². The first-order valence-electron chi connectivity index (χ1n) is 12.8. The van der Waals surface area contributed by atoms with Crippen LogP contribution in [0.3, 0.4) is 0 Å². The van der Waals surface area contributed by atoms with Crippen molar-refractivity contribution < 1.29 is 29.1 Å². The zero-order valence-corrected chi connectivity index (χ0v) is 22.1. The van der Waals surface area contributed by atoms with Gasteiger partial charge in [0.15, 0.2) is 0 Å². The third kappa shape index (κ3) is 10.2. The van der Waals surface area contributed by atoms with Gasteiger partial charge in [0.1, 0.15) is 18.1 Å². The van der Waals surface area contributed by atoms with Crippen LogP contribution in [0.25, 0.3) is 0 Å². The van der Waals surface area contributed by atoms with E-state index >= 15 is 0 Å². The summed E-state index contributed by atoms with van der Waals surface area (Å²) in [6.07, 6.45) is 0.222. The SMILES string of the molecule is CCC(C)C(NC(=O)C(CC(N)=O)NC(=O)C(Cc1ccccc1)NC(=O)C(N)Cc1ccccc1)C(=O)O. The van der Waals surface area contributed by atoms with Crippen LogP contribution in [0.4, 0.5) is 0 Å². The van der Waals surface area contributed by atoms with E-state index in [2.05, 4.69) is 16.0 Å². The largest absolute Gasteiger partial charge is 0.480 e. The number of benzene rings is 2. The summed E-state index contributed by atoms with van der Waals surface area (Å²) in [4.78, 5) is 62.6. The fourth-order valence-electron chi connectivity index (χ4n) is 3.92. The Labute approximate surface area is 227 Å². The number of rotatable bonds is 15. The van der Waals surface area contributed by atoms with Crippen LogP contribution in [0, 0.1) is 5.92 Å². The molecule has 8 N–H and O–H groups in total. The zero-order valence-electron chi connectivity index (χ0n) is 22.1. The van der Waals surface area contributed by atoms with Crippen LogP contribution in [-0.4, -0.2) is 58.9 Å². The monoisotopic (exact) mass is 539 g/mol. The van der Waals surface area contributed by atoms with Crippen molar-refractivity contribution in [2.75, 3.05) is 0 Å². The predicted molar refractivity (Wildman–Crippen MR) is 145 cm³/mol. The normalized spacial score (nSPS) is 14.6. The van der Waals surface area contributed by atoms with E-state index in [0.29, 0.717) is 6.42 Å². The van der Waals surface area contributed by atoms with Crippen LogP contribution in [0.1, 0.15) is 37.8 Å². The summed E-state index contributed by atoms with van der Waals surface area (Å²) in [5, 5.41) is 17.0. The lowest BCUT2D eigenvalue weighted by molar-refractivity contribution is -0.144. The number of carbonyl (C=O) groups excluding carboxylic acids is 4. The highest BCUT2D eigenvalue weighted by molar-refractivity contribution is 5.96. The van der Waals surface area contributed by atoms with E-state index < -0.39 is 66.1 Å². The molecule has 2 rings (SSSR count). The Morgan fingerprint density at radius 2 is 1.26 bits per heavy atom. The van der Waals surface area contributed by atoms with Crippen molar-refractivity contribution in [1.82, 2.24) is 16.0 Å². The van der Waals surface area contributed by atoms with Gasteiger partial charge in [-0.05, 0) is 23.5 Å². The number of aliphatic carboxylic acids is 1. The molecule has 2 aromatic carbocycles.